The normalized spacial score (nSPS) is 10.3. The minimum Gasteiger partial charge on any atom is -0.303 e. The lowest BCUT2D eigenvalue weighted by Crippen LogP contribution is -2.41. The van der Waals surface area contributed by atoms with E-state index in [1.807, 2.05) is 0 Å². The van der Waals surface area contributed by atoms with Gasteiger partial charge in [0, 0.05) is 38.5 Å². The van der Waals surface area contributed by atoms with Crippen molar-refractivity contribution in [3.05, 3.63) is 0 Å². The highest BCUT2D eigenvalue weighted by Gasteiger charge is 2.26. The number of hydrogen-bond donors (Lipinski definition) is 0. The molecule has 0 aromatic rings. The van der Waals surface area contributed by atoms with E-state index in [0.717, 1.165) is 23.8 Å². The summed E-state index contributed by atoms with van der Waals surface area (Å²) in [4.78, 5) is 69.1. The molecule has 0 spiro atoms. The molecule has 7 nitrogen and oxygen atoms in total. The maximum absolute atomic E-state index is 12.5. The van der Waals surface area contributed by atoms with Crippen molar-refractivity contribution in [2.24, 2.45) is 0 Å². The van der Waals surface area contributed by atoms with Gasteiger partial charge in [-0.3, -0.25) is 14.4 Å². The van der Waals surface area contributed by atoms with Crippen LogP contribution in [0.15, 0.2) is 0 Å². The summed E-state index contributed by atoms with van der Waals surface area (Å²) < 4.78 is 0. The monoisotopic (exact) mass is 395 g/mol. The van der Waals surface area contributed by atoms with Crippen LogP contribution in [0.2, 0.25) is 0 Å². The Kier molecular flexibility index (Phi) is 16.8. The van der Waals surface area contributed by atoms with Crippen molar-refractivity contribution in [3.63, 3.8) is 0 Å². The van der Waals surface area contributed by atoms with Crippen LogP contribution in [-0.4, -0.2) is 41.5 Å². The van der Waals surface area contributed by atoms with E-state index in [-0.39, 0.29) is 19.3 Å². The second-order valence-corrected chi connectivity index (χ2v) is 6.81. The standard InChI is InChI=1S/C21H33NO6/c23-16-10-4-1-7-13-19(26)22(20(27)14-8-2-5-11-17-24)21(28)15-9-3-6-12-18-25/h16-18H,1-15H2. The highest BCUT2D eigenvalue weighted by molar-refractivity contribution is 6.10. The summed E-state index contributed by atoms with van der Waals surface area (Å²) in [5.41, 5.74) is 0. The predicted octanol–water partition coefficient (Wildman–Crippen LogP) is 3.32. The van der Waals surface area contributed by atoms with Gasteiger partial charge in [0.05, 0.1) is 0 Å². The Morgan fingerprint density at radius 3 is 1.00 bits per heavy atom. The van der Waals surface area contributed by atoms with Gasteiger partial charge in [-0.1, -0.05) is 19.3 Å². The van der Waals surface area contributed by atoms with Crippen molar-refractivity contribution in [2.45, 2.75) is 96.3 Å². The molecule has 0 radical (unpaired) electrons. The van der Waals surface area contributed by atoms with Gasteiger partial charge < -0.3 is 14.4 Å². The third-order valence-electron chi connectivity index (χ3n) is 4.39. The molecule has 0 saturated carbocycles. The zero-order chi connectivity index (χ0) is 21.0. The Morgan fingerprint density at radius 2 is 0.750 bits per heavy atom. The number of carbonyl (C=O) groups is 6. The molecule has 0 atom stereocenters. The fraction of sp³-hybridized carbons (Fsp3) is 0.714. The number of imide groups is 3. The van der Waals surface area contributed by atoms with E-state index in [4.69, 9.17) is 0 Å². The highest BCUT2D eigenvalue weighted by Crippen LogP contribution is 2.13. The molecular formula is C21H33NO6. The molecule has 0 heterocycles. The number of nitrogens with zero attached hydrogens (tertiary/aromatic N) is 1. The topological polar surface area (TPSA) is 106 Å². The fourth-order valence-electron chi connectivity index (χ4n) is 2.79. The maximum Gasteiger partial charge on any atom is 0.236 e. The average molecular weight is 395 g/mol. The molecular weight excluding hydrogens is 362 g/mol. The number of carbonyl (C=O) groups excluding carboxylic acids is 6. The van der Waals surface area contributed by atoms with E-state index in [2.05, 4.69) is 0 Å². The van der Waals surface area contributed by atoms with Crippen LogP contribution in [0.5, 0.6) is 0 Å². The van der Waals surface area contributed by atoms with Crippen LogP contribution in [0.25, 0.3) is 0 Å². The van der Waals surface area contributed by atoms with Crippen molar-refractivity contribution < 1.29 is 28.8 Å². The first-order chi connectivity index (χ1) is 13.6. The molecule has 0 aliphatic rings. The first-order valence-corrected chi connectivity index (χ1v) is 10.3. The molecule has 0 unspecified atom stereocenters. The second kappa shape index (κ2) is 18.2. The van der Waals surface area contributed by atoms with Gasteiger partial charge in [0.25, 0.3) is 0 Å². The molecule has 7 heteroatoms. The molecule has 0 aromatic carbocycles. The fourth-order valence-corrected chi connectivity index (χ4v) is 2.79. The van der Waals surface area contributed by atoms with Crippen LogP contribution in [0.1, 0.15) is 96.3 Å². The molecule has 3 amide bonds. The third kappa shape index (κ3) is 13.1. The van der Waals surface area contributed by atoms with Crippen LogP contribution in [0, 0.1) is 0 Å². The largest absolute Gasteiger partial charge is 0.303 e. The first-order valence-electron chi connectivity index (χ1n) is 10.3. The van der Waals surface area contributed by atoms with Gasteiger partial charge in [0.2, 0.25) is 17.7 Å². The van der Waals surface area contributed by atoms with Crippen molar-refractivity contribution in [1.82, 2.24) is 4.90 Å². The summed E-state index contributed by atoms with van der Waals surface area (Å²) in [6.45, 7) is 0. The molecule has 0 rings (SSSR count). The minimum atomic E-state index is -0.484. The number of unbranched alkanes of at least 4 members (excludes halogenated alkanes) is 9. The third-order valence-corrected chi connectivity index (χ3v) is 4.39. The predicted molar refractivity (Wildman–Crippen MR) is 104 cm³/mol. The number of rotatable bonds is 18. The molecule has 158 valence electrons. The van der Waals surface area contributed by atoms with Gasteiger partial charge in [0.1, 0.15) is 18.9 Å². The Morgan fingerprint density at radius 1 is 0.464 bits per heavy atom. The minimum absolute atomic E-state index is 0.104. The molecule has 0 fully saturated rings. The van der Waals surface area contributed by atoms with Crippen LogP contribution < -0.4 is 0 Å². The SMILES string of the molecule is O=CCCCCCC(=O)N(C(=O)CCCCCC=O)C(=O)CCCCCC=O. The van der Waals surface area contributed by atoms with Gasteiger partial charge in [-0.2, -0.15) is 0 Å². The van der Waals surface area contributed by atoms with Gasteiger partial charge in [0.15, 0.2) is 0 Å². The number of amides is 3. The Labute approximate surface area is 167 Å². The quantitative estimate of drug-likeness (QED) is 0.260. The van der Waals surface area contributed by atoms with Crippen molar-refractivity contribution in [2.75, 3.05) is 0 Å². The van der Waals surface area contributed by atoms with Crippen LogP contribution >= 0.6 is 0 Å². The first kappa shape index (κ1) is 25.8. The zero-order valence-corrected chi connectivity index (χ0v) is 16.7. The molecule has 0 saturated heterocycles. The summed E-state index contributed by atoms with van der Waals surface area (Å²) >= 11 is 0. The molecule has 0 aliphatic carbocycles. The Hall–Kier alpha value is -2.18. The lowest BCUT2D eigenvalue weighted by Gasteiger charge is -2.19. The lowest BCUT2D eigenvalue weighted by molar-refractivity contribution is -0.154. The Bertz CT molecular complexity index is 432. The van der Waals surface area contributed by atoms with E-state index < -0.39 is 17.7 Å². The van der Waals surface area contributed by atoms with Crippen molar-refractivity contribution in [1.29, 1.82) is 0 Å². The van der Waals surface area contributed by atoms with Gasteiger partial charge in [-0.05, 0) is 38.5 Å². The molecule has 0 aliphatic heterocycles. The molecule has 28 heavy (non-hydrogen) atoms. The van der Waals surface area contributed by atoms with Crippen molar-refractivity contribution >= 4 is 36.6 Å². The van der Waals surface area contributed by atoms with Gasteiger partial charge >= 0.3 is 0 Å². The number of aldehydes is 3. The van der Waals surface area contributed by atoms with E-state index in [9.17, 15) is 28.8 Å². The van der Waals surface area contributed by atoms with E-state index in [1.165, 1.54) is 0 Å². The summed E-state index contributed by atoms with van der Waals surface area (Å²) in [5.74, 6) is -1.45. The summed E-state index contributed by atoms with van der Waals surface area (Å²) in [6.07, 6.45) is 9.85. The zero-order valence-electron chi connectivity index (χ0n) is 16.7. The van der Waals surface area contributed by atoms with Crippen molar-refractivity contribution in [3.8, 4) is 0 Å². The smallest absolute Gasteiger partial charge is 0.236 e. The van der Waals surface area contributed by atoms with E-state index >= 15 is 0 Å². The second-order valence-electron chi connectivity index (χ2n) is 6.81. The number of hydrogen-bond acceptors (Lipinski definition) is 6. The van der Waals surface area contributed by atoms with E-state index in [0.29, 0.717) is 77.0 Å². The summed E-state index contributed by atoms with van der Waals surface area (Å²) in [5, 5.41) is 0. The maximum atomic E-state index is 12.5. The molecule has 0 aromatic heterocycles. The molecule has 0 N–H and O–H groups in total. The van der Waals surface area contributed by atoms with Crippen LogP contribution in [0.4, 0.5) is 0 Å². The van der Waals surface area contributed by atoms with Gasteiger partial charge in [-0.25, -0.2) is 4.90 Å². The summed E-state index contributed by atoms with van der Waals surface area (Å²) in [6, 6.07) is 0. The van der Waals surface area contributed by atoms with E-state index in [1.54, 1.807) is 0 Å². The lowest BCUT2D eigenvalue weighted by atomic mass is 10.1. The Balaban J connectivity index is 4.60. The van der Waals surface area contributed by atoms with Gasteiger partial charge in [-0.15, -0.1) is 0 Å². The van der Waals surface area contributed by atoms with Crippen LogP contribution in [0.3, 0.4) is 0 Å². The summed E-state index contributed by atoms with van der Waals surface area (Å²) in [7, 11) is 0. The average Bonchev–Trinajstić information content (AvgIpc) is 2.67. The van der Waals surface area contributed by atoms with Crippen LogP contribution in [-0.2, 0) is 28.8 Å². The molecule has 0 bridgehead atoms. The highest BCUT2D eigenvalue weighted by atomic mass is 16.2.